The fourth-order valence-electron chi connectivity index (χ4n) is 1.38. The Morgan fingerprint density at radius 1 is 1.83 bits per heavy atom. The van der Waals surface area contributed by atoms with Gasteiger partial charge in [0, 0.05) is 22.2 Å². The topological polar surface area (TPSA) is 84.1 Å². The first-order valence-corrected chi connectivity index (χ1v) is 5.90. The first-order valence-electron chi connectivity index (χ1n) is 6.21. The summed E-state index contributed by atoms with van der Waals surface area (Å²) in [6.45, 7) is -2.76. The van der Waals surface area contributed by atoms with Gasteiger partial charge in [-0.05, 0) is 0 Å². The van der Waals surface area contributed by atoms with E-state index in [4.69, 9.17) is 20.5 Å². The predicted molar refractivity (Wildman–Crippen MR) is 65.7 cm³/mol. The minimum absolute atomic E-state index is 0.0191. The molecule has 0 atom stereocenters. The maximum atomic E-state index is 10.7. The van der Waals surface area contributed by atoms with Crippen molar-refractivity contribution in [3.63, 3.8) is 0 Å². The van der Waals surface area contributed by atoms with Crippen molar-refractivity contribution in [1.29, 1.82) is 0 Å². The van der Waals surface area contributed by atoms with Crippen molar-refractivity contribution in [2.24, 2.45) is 5.10 Å². The van der Waals surface area contributed by atoms with Crippen molar-refractivity contribution in [3.05, 3.63) is 25.7 Å². The molecule has 0 unspecified atom stereocenters. The molecule has 0 radical (unpaired) electrons. The van der Waals surface area contributed by atoms with Crippen LogP contribution in [0.2, 0.25) is 4.47 Å². The summed E-state index contributed by atoms with van der Waals surface area (Å²) in [5.41, 5.74) is 0. The lowest BCUT2D eigenvalue weighted by molar-refractivity contribution is -0.486. The third kappa shape index (κ3) is 3.06. The van der Waals surface area contributed by atoms with Gasteiger partial charge in [0.15, 0.2) is 9.50 Å². The van der Waals surface area contributed by atoms with E-state index in [2.05, 4.69) is 10.1 Å². The van der Waals surface area contributed by atoms with Crippen LogP contribution >= 0.6 is 22.9 Å². The fraction of sp³-hybridized carbons (Fsp3) is 0.500. The van der Waals surface area contributed by atoms with Gasteiger partial charge in [-0.3, -0.25) is 0 Å². The highest BCUT2D eigenvalue weighted by Crippen LogP contribution is 2.20. The maximum absolute atomic E-state index is 10.7. The van der Waals surface area contributed by atoms with Crippen LogP contribution in [0.25, 0.3) is 0 Å². The van der Waals surface area contributed by atoms with E-state index in [1.54, 1.807) is 0 Å². The molecule has 98 valence electrons. The van der Waals surface area contributed by atoms with Crippen LogP contribution in [0.4, 0.5) is 0 Å². The molecule has 18 heavy (non-hydrogen) atoms. The lowest BCUT2D eigenvalue weighted by atomic mass is 10.5. The number of nitrogens with zero attached hydrogens (tertiary/aromatic N) is 5. The van der Waals surface area contributed by atoms with Gasteiger partial charge in [0.05, 0.1) is 6.54 Å². The molecule has 0 N–H and O–H groups in total. The summed E-state index contributed by atoms with van der Waals surface area (Å²) in [4.78, 5) is 17.3. The van der Waals surface area contributed by atoms with Crippen LogP contribution in [0, 0.1) is 10.1 Å². The molecule has 1 aliphatic heterocycles. The molecular formula is C8H10ClN5O3S. The van der Waals surface area contributed by atoms with E-state index in [-0.39, 0.29) is 26.0 Å². The number of thiazole rings is 1. The third-order valence-corrected chi connectivity index (χ3v) is 3.13. The van der Waals surface area contributed by atoms with Gasteiger partial charge in [0.1, 0.15) is 18.6 Å². The van der Waals surface area contributed by atoms with E-state index < -0.39 is 12.0 Å². The molecule has 1 saturated heterocycles. The highest BCUT2D eigenvalue weighted by Gasteiger charge is 2.25. The number of guanidine groups is 1. The molecule has 1 aromatic rings. The molecule has 2 rings (SSSR count). The number of ether oxygens (including phenoxy) is 1. The minimum atomic E-state index is -2.60. The van der Waals surface area contributed by atoms with Crippen LogP contribution in [0.3, 0.4) is 0 Å². The molecule has 1 aliphatic rings. The summed E-state index contributed by atoms with van der Waals surface area (Å²) in [7, 11) is 0. The smallest absolute Gasteiger partial charge is 0.277 e. The summed E-state index contributed by atoms with van der Waals surface area (Å²) >= 11 is 6.90. The monoisotopic (exact) mass is 294 g/mol. The zero-order chi connectivity index (χ0) is 15.6. The van der Waals surface area contributed by atoms with Gasteiger partial charge in [0.2, 0.25) is 0 Å². The number of hydrazone groups is 1. The Morgan fingerprint density at radius 2 is 2.67 bits per heavy atom. The minimum Gasteiger partial charge on any atom is -0.341 e. The third-order valence-electron chi connectivity index (χ3n) is 2.03. The first-order chi connectivity index (χ1) is 9.77. The molecular weight excluding hydrogens is 282 g/mol. The number of hydrogen-bond donors (Lipinski definition) is 0. The zero-order valence-electron chi connectivity index (χ0n) is 11.9. The summed E-state index contributed by atoms with van der Waals surface area (Å²) < 4.78 is 27.7. The van der Waals surface area contributed by atoms with E-state index in [1.165, 1.54) is 22.4 Å². The Kier molecular flexibility index (Phi) is 2.88. The second-order valence-electron chi connectivity index (χ2n) is 3.31. The number of hydrogen-bond acceptors (Lipinski definition) is 5. The molecule has 0 amide bonds. The molecule has 10 heteroatoms. The molecule has 0 aliphatic carbocycles. The van der Waals surface area contributed by atoms with Crippen molar-refractivity contribution < 1.29 is 13.9 Å². The van der Waals surface area contributed by atoms with E-state index >= 15 is 0 Å². The largest absolute Gasteiger partial charge is 0.341 e. The zero-order valence-corrected chi connectivity index (χ0v) is 10.5. The molecule has 1 fully saturated rings. The van der Waals surface area contributed by atoms with E-state index in [0.717, 1.165) is 4.90 Å². The van der Waals surface area contributed by atoms with Gasteiger partial charge in [-0.25, -0.2) is 15.1 Å². The summed E-state index contributed by atoms with van der Waals surface area (Å²) in [5.74, 6) is -0.282. The Morgan fingerprint density at radius 3 is 3.28 bits per heavy atom. The lowest BCUT2D eigenvalue weighted by Crippen LogP contribution is -2.49. The summed E-state index contributed by atoms with van der Waals surface area (Å²) in [6.07, 6.45) is 1.51. The average molecular weight is 295 g/mol. The van der Waals surface area contributed by atoms with E-state index in [9.17, 15) is 10.1 Å². The van der Waals surface area contributed by atoms with Crippen LogP contribution < -0.4 is 0 Å². The standard InChI is InChI=1S/C8H10ClN5O3S/c1-12-4-17-5-13(8(12)11-14(15)16)3-6-2-10-7(9)18-6/h2H,3-5H2,1H3/b11-8+/i1D3. The number of aromatic nitrogens is 1. The molecule has 0 saturated carbocycles. The average Bonchev–Trinajstić information content (AvgIpc) is 2.75. The highest BCUT2D eigenvalue weighted by atomic mass is 35.5. The van der Waals surface area contributed by atoms with Gasteiger partial charge in [0.25, 0.3) is 5.96 Å². The molecule has 1 aromatic heterocycles. The van der Waals surface area contributed by atoms with Crippen LogP contribution in [0.1, 0.15) is 8.99 Å². The number of nitro groups is 1. The van der Waals surface area contributed by atoms with Crippen LogP contribution in [0.15, 0.2) is 11.3 Å². The maximum Gasteiger partial charge on any atom is 0.277 e. The van der Waals surface area contributed by atoms with Crippen LogP contribution in [0.5, 0.6) is 0 Å². The molecule has 8 nitrogen and oxygen atoms in total. The van der Waals surface area contributed by atoms with Gasteiger partial charge < -0.3 is 14.5 Å². The van der Waals surface area contributed by atoms with E-state index in [1.807, 2.05) is 0 Å². The van der Waals surface area contributed by atoms with Crippen molar-refractivity contribution in [3.8, 4) is 0 Å². The summed E-state index contributed by atoms with van der Waals surface area (Å²) in [5, 5.41) is 12.9. The van der Waals surface area contributed by atoms with Gasteiger partial charge >= 0.3 is 0 Å². The molecule has 0 bridgehead atoms. The van der Waals surface area contributed by atoms with Crippen molar-refractivity contribution in [2.75, 3.05) is 20.4 Å². The van der Waals surface area contributed by atoms with Crippen molar-refractivity contribution in [2.45, 2.75) is 6.54 Å². The molecule has 0 spiro atoms. The van der Waals surface area contributed by atoms with Gasteiger partial charge in [-0.2, -0.15) is 0 Å². The summed E-state index contributed by atoms with van der Waals surface area (Å²) in [6, 6.07) is 0. The fourth-order valence-corrected chi connectivity index (χ4v) is 2.37. The van der Waals surface area contributed by atoms with E-state index in [0.29, 0.717) is 9.34 Å². The Hall–Kier alpha value is -1.45. The second-order valence-corrected chi connectivity index (χ2v) is 5.00. The van der Waals surface area contributed by atoms with Crippen molar-refractivity contribution in [1.82, 2.24) is 14.8 Å². The van der Waals surface area contributed by atoms with Crippen LogP contribution in [-0.2, 0) is 11.3 Å². The Labute approximate surface area is 116 Å². The van der Waals surface area contributed by atoms with Crippen molar-refractivity contribution >= 4 is 28.9 Å². The Bertz CT molecular complexity index is 566. The number of halogens is 1. The predicted octanol–water partition coefficient (Wildman–Crippen LogP) is 1.02. The van der Waals surface area contributed by atoms with Gasteiger partial charge in [-0.1, -0.05) is 11.6 Å². The molecule has 0 aromatic carbocycles. The second kappa shape index (κ2) is 5.46. The normalized spacial score (nSPS) is 21.6. The SMILES string of the molecule is [2H]C([2H])([2H])N1COCN(Cc2cnc(Cl)s2)/C1=N/[N+](=O)[O-]. The molecule has 2 heterocycles. The quantitative estimate of drug-likeness (QED) is 0.611. The van der Waals surface area contributed by atoms with Gasteiger partial charge in [-0.15, -0.1) is 11.3 Å². The van der Waals surface area contributed by atoms with Crippen LogP contribution in [-0.4, -0.2) is 46.2 Å². The number of rotatable bonds is 3. The Balaban J connectivity index is 2.27. The first kappa shape index (κ1) is 9.48. The highest BCUT2D eigenvalue weighted by molar-refractivity contribution is 7.15. The lowest BCUT2D eigenvalue weighted by Gasteiger charge is -2.34.